The molecule has 130 valence electrons. The molecule has 0 heterocycles. The lowest BCUT2D eigenvalue weighted by atomic mass is 9.76. The molecule has 0 aliphatic rings. The molecule has 0 amide bonds. The van der Waals surface area contributed by atoms with Crippen LogP contribution in [-0.2, 0) is 4.79 Å². The molecular weight excluding hydrogens is 298 g/mol. The number of carbonyl (C=O) groups excluding carboxylic acids is 1. The smallest absolute Gasteiger partial charge is 0.167 e. The van der Waals surface area contributed by atoms with Crippen LogP contribution >= 0.6 is 0 Å². The first-order valence-corrected chi connectivity index (χ1v) is 8.63. The Balaban J connectivity index is 2.54. The Labute approximate surface area is 145 Å². The van der Waals surface area contributed by atoms with E-state index < -0.39 is 0 Å². The van der Waals surface area contributed by atoms with Crippen molar-refractivity contribution in [2.24, 2.45) is 11.7 Å². The number of Topliss-reactive ketones (excluding diaryl/α,β-unsaturated/α-hetero) is 1. The molecule has 0 aliphatic carbocycles. The van der Waals surface area contributed by atoms with Crippen LogP contribution in [0.3, 0.4) is 0 Å². The van der Waals surface area contributed by atoms with Crippen LogP contribution in [0.5, 0.6) is 5.75 Å². The van der Waals surface area contributed by atoms with Crippen molar-refractivity contribution in [3.05, 3.63) is 42.0 Å². The van der Waals surface area contributed by atoms with Gasteiger partial charge in [0.15, 0.2) is 5.78 Å². The van der Waals surface area contributed by atoms with Gasteiger partial charge in [0.25, 0.3) is 0 Å². The second kappa shape index (κ2) is 7.35. The number of hydrogen-bond donors (Lipinski definition) is 1. The van der Waals surface area contributed by atoms with E-state index in [1.54, 1.807) is 0 Å². The summed E-state index contributed by atoms with van der Waals surface area (Å²) in [5.74, 6) is 1.58. The van der Waals surface area contributed by atoms with Crippen LogP contribution in [0.4, 0.5) is 0 Å². The Morgan fingerprint density at radius 1 is 1.12 bits per heavy atom. The topological polar surface area (TPSA) is 52.3 Å². The van der Waals surface area contributed by atoms with E-state index in [2.05, 4.69) is 45.9 Å². The van der Waals surface area contributed by atoms with Gasteiger partial charge in [-0.15, -0.1) is 0 Å². The quantitative estimate of drug-likeness (QED) is 0.803. The van der Waals surface area contributed by atoms with E-state index in [9.17, 15) is 4.79 Å². The summed E-state index contributed by atoms with van der Waals surface area (Å²) >= 11 is 0. The number of benzene rings is 2. The van der Waals surface area contributed by atoms with E-state index in [0.29, 0.717) is 5.92 Å². The maximum absolute atomic E-state index is 11.2. The maximum Gasteiger partial charge on any atom is 0.167 e. The van der Waals surface area contributed by atoms with Crippen LogP contribution in [0, 0.1) is 5.92 Å². The normalized spacial score (nSPS) is 13.3. The third-order valence-electron chi connectivity index (χ3n) is 4.33. The average molecular weight is 327 g/mol. The van der Waals surface area contributed by atoms with Gasteiger partial charge in [-0.25, -0.2) is 0 Å². The number of nitrogens with two attached hydrogens (primary N) is 1. The van der Waals surface area contributed by atoms with Gasteiger partial charge in [0.05, 0.1) is 0 Å². The Morgan fingerprint density at radius 2 is 1.75 bits per heavy atom. The Kier molecular flexibility index (Phi) is 5.66. The first-order valence-electron chi connectivity index (χ1n) is 8.63. The molecule has 0 aromatic heterocycles. The standard InChI is InChI=1S/C21H29NO2/c1-14(2)12-19(21(4,5)22)17-9-6-10-18-16(17)8-7-11-20(18)24-13-15(3)23/h6-11,14,19H,12-13,22H2,1-5H3. The monoisotopic (exact) mass is 327 g/mol. The molecule has 0 radical (unpaired) electrons. The summed E-state index contributed by atoms with van der Waals surface area (Å²) in [5, 5.41) is 2.19. The van der Waals surface area contributed by atoms with Gasteiger partial charge in [-0.1, -0.05) is 44.2 Å². The van der Waals surface area contributed by atoms with Crippen molar-refractivity contribution >= 4 is 16.6 Å². The van der Waals surface area contributed by atoms with E-state index in [-0.39, 0.29) is 23.8 Å². The molecule has 0 saturated carbocycles. The minimum Gasteiger partial charge on any atom is -0.485 e. The summed E-state index contributed by atoms with van der Waals surface area (Å²) in [6.07, 6.45) is 1.03. The minimum absolute atomic E-state index is 0.0175. The summed E-state index contributed by atoms with van der Waals surface area (Å²) in [6.45, 7) is 10.3. The molecule has 3 nitrogen and oxygen atoms in total. The van der Waals surface area contributed by atoms with Crippen molar-refractivity contribution in [3.8, 4) is 5.75 Å². The lowest BCUT2D eigenvalue weighted by Gasteiger charge is -2.33. The number of rotatable bonds is 7. The number of hydrogen-bond acceptors (Lipinski definition) is 3. The van der Waals surface area contributed by atoms with Crippen LogP contribution in [0.25, 0.3) is 10.8 Å². The van der Waals surface area contributed by atoms with Gasteiger partial charge in [0, 0.05) is 16.8 Å². The lowest BCUT2D eigenvalue weighted by Crippen LogP contribution is -2.40. The van der Waals surface area contributed by atoms with Gasteiger partial charge >= 0.3 is 0 Å². The molecule has 1 unspecified atom stereocenters. The van der Waals surface area contributed by atoms with Crippen molar-refractivity contribution in [1.82, 2.24) is 0 Å². The predicted octanol–water partition coefficient (Wildman–Crippen LogP) is 4.67. The molecule has 0 saturated heterocycles. The van der Waals surface area contributed by atoms with Gasteiger partial charge in [0.2, 0.25) is 0 Å². The fourth-order valence-electron chi connectivity index (χ4n) is 3.22. The molecule has 24 heavy (non-hydrogen) atoms. The summed E-state index contributed by atoms with van der Waals surface area (Å²) < 4.78 is 5.70. The molecule has 0 spiro atoms. The zero-order chi connectivity index (χ0) is 17.9. The van der Waals surface area contributed by atoms with E-state index >= 15 is 0 Å². The summed E-state index contributed by atoms with van der Waals surface area (Å²) in [5.41, 5.74) is 7.45. The first kappa shape index (κ1) is 18.5. The zero-order valence-corrected chi connectivity index (χ0v) is 15.4. The molecule has 2 aromatic rings. The molecular formula is C21H29NO2. The zero-order valence-electron chi connectivity index (χ0n) is 15.4. The third kappa shape index (κ3) is 4.35. The van der Waals surface area contributed by atoms with Gasteiger partial charge in [-0.3, -0.25) is 4.79 Å². The molecule has 0 fully saturated rings. The van der Waals surface area contributed by atoms with Crippen LogP contribution in [0.1, 0.15) is 52.5 Å². The molecule has 0 bridgehead atoms. The Hall–Kier alpha value is -1.87. The van der Waals surface area contributed by atoms with E-state index in [0.717, 1.165) is 22.9 Å². The fourth-order valence-corrected chi connectivity index (χ4v) is 3.22. The fraction of sp³-hybridized carbons (Fsp3) is 0.476. The second-order valence-electron chi connectivity index (χ2n) is 7.69. The largest absolute Gasteiger partial charge is 0.485 e. The van der Waals surface area contributed by atoms with Crippen molar-refractivity contribution in [1.29, 1.82) is 0 Å². The average Bonchev–Trinajstić information content (AvgIpc) is 2.48. The highest BCUT2D eigenvalue weighted by Crippen LogP contribution is 2.38. The molecule has 3 heteroatoms. The highest BCUT2D eigenvalue weighted by Gasteiger charge is 2.29. The van der Waals surface area contributed by atoms with Crippen LogP contribution in [0.2, 0.25) is 0 Å². The van der Waals surface area contributed by atoms with E-state index in [4.69, 9.17) is 10.5 Å². The van der Waals surface area contributed by atoms with Crippen LogP contribution in [-0.4, -0.2) is 17.9 Å². The van der Waals surface area contributed by atoms with E-state index in [1.807, 2.05) is 18.2 Å². The van der Waals surface area contributed by atoms with Crippen LogP contribution < -0.4 is 10.5 Å². The highest BCUT2D eigenvalue weighted by atomic mass is 16.5. The molecule has 0 aliphatic heterocycles. The highest BCUT2D eigenvalue weighted by molar-refractivity contribution is 5.91. The van der Waals surface area contributed by atoms with Crippen molar-refractivity contribution < 1.29 is 9.53 Å². The Bertz CT molecular complexity index is 713. The van der Waals surface area contributed by atoms with Gasteiger partial charge in [0.1, 0.15) is 12.4 Å². The van der Waals surface area contributed by atoms with Crippen LogP contribution in [0.15, 0.2) is 36.4 Å². The van der Waals surface area contributed by atoms with Crippen molar-refractivity contribution in [2.45, 2.75) is 52.5 Å². The van der Waals surface area contributed by atoms with Gasteiger partial charge < -0.3 is 10.5 Å². The molecule has 2 aromatic carbocycles. The second-order valence-corrected chi connectivity index (χ2v) is 7.69. The SMILES string of the molecule is CC(=O)COc1cccc2c(C(CC(C)C)C(C)(C)N)cccc12. The van der Waals surface area contributed by atoms with Crippen molar-refractivity contribution in [3.63, 3.8) is 0 Å². The maximum atomic E-state index is 11.2. The number of ketones is 1. The molecule has 2 N–H and O–H groups in total. The summed E-state index contributed by atoms with van der Waals surface area (Å²) in [4.78, 5) is 11.2. The van der Waals surface area contributed by atoms with Gasteiger partial charge in [-0.05, 0) is 50.1 Å². The number of carbonyl (C=O) groups is 1. The van der Waals surface area contributed by atoms with Crippen molar-refractivity contribution in [2.75, 3.05) is 6.61 Å². The van der Waals surface area contributed by atoms with E-state index in [1.165, 1.54) is 12.5 Å². The summed E-state index contributed by atoms with van der Waals surface area (Å²) in [6, 6.07) is 12.3. The molecule has 2 rings (SSSR count). The summed E-state index contributed by atoms with van der Waals surface area (Å²) in [7, 11) is 0. The molecule has 1 atom stereocenters. The first-order chi connectivity index (χ1) is 11.2. The Morgan fingerprint density at radius 3 is 2.33 bits per heavy atom. The number of ether oxygens (including phenoxy) is 1. The predicted molar refractivity (Wildman–Crippen MR) is 101 cm³/mol. The lowest BCUT2D eigenvalue weighted by molar-refractivity contribution is -0.118. The number of fused-ring (bicyclic) bond motifs is 1. The van der Waals surface area contributed by atoms with Gasteiger partial charge in [-0.2, -0.15) is 0 Å². The minimum atomic E-state index is -0.311. The third-order valence-corrected chi connectivity index (χ3v) is 4.33.